The van der Waals surface area contributed by atoms with Gasteiger partial charge in [-0.25, -0.2) is 8.78 Å². The van der Waals surface area contributed by atoms with Crippen LogP contribution in [-0.4, -0.2) is 32.1 Å². The van der Waals surface area contributed by atoms with Crippen molar-refractivity contribution < 1.29 is 8.78 Å². The first-order valence-corrected chi connectivity index (χ1v) is 7.31. The second-order valence-electron chi connectivity index (χ2n) is 6.07. The molecule has 1 N–H and O–H groups in total. The standard InChI is InChI=1S/C16H24F2N2/c1-11-6-13(11)10-20(3)5-4-16(19-2)12-7-14(17)9-15(18)8-12/h7-9,11,13,16,19H,4-6,10H2,1-3H3. The number of rotatable bonds is 7. The van der Waals surface area contributed by atoms with Crippen molar-refractivity contribution in [1.29, 1.82) is 0 Å². The third-order valence-corrected chi connectivity index (χ3v) is 4.26. The van der Waals surface area contributed by atoms with Crippen LogP contribution in [-0.2, 0) is 0 Å². The molecule has 1 saturated carbocycles. The highest BCUT2D eigenvalue weighted by Gasteiger charge is 2.33. The van der Waals surface area contributed by atoms with Crippen LogP contribution in [0.15, 0.2) is 18.2 Å². The first kappa shape index (κ1) is 15.4. The highest BCUT2D eigenvalue weighted by molar-refractivity contribution is 5.21. The van der Waals surface area contributed by atoms with Crippen molar-refractivity contribution >= 4 is 0 Å². The summed E-state index contributed by atoms with van der Waals surface area (Å²) in [5.74, 6) is 0.662. The third kappa shape index (κ3) is 4.25. The van der Waals surface area contributed by atoms with Crippen molar-refractivity contribution in [1.82, 2.24) is 10.2 Å². The topological polar surface area (TPSA) is 15.3 Å². The van der Waals surface area contributed by atoms with E-state index >= 15 is 0 Å². The van der Waals surface area contributed by atoms with Crippen LogP contribution in [0.3, 0.4) is 0 Å². The molecule has 4 heteroatoms. The molecule has 1 fully saturated rings. The zero-order chi connectivity index (χ0) is 14.7. The average Bonchev–Trinajstić information content (AvgIpc) is 3.04. The first-order valence-electron chi connectivity index (χ1n) is 7.31. The van der Waals surface area contributed by atoms with Gasteiger partial charge in [0.15, 0.2) is 0 Å². The lowest BCUT2D eigenvalue weighted by atomic mass is 10.0. The summed E-state index contributed by atoms with van der Waals surface area (Å²) in [6.07, 6.45) is 2.17. The second kappa shape index (κ2) is 6.64. The summed E-state index contributed by atoms with van der Waals surface area (Å²) < 4.78 is 26.5. The fourth-order valence-corrected chi connectivity index (χ4v) is 2.75. The van der Waals surface area contributed by atoms with Crippen molar-refractivity contribution in [2.24, 2.45) is 11.8 Å². The monoisotopic (exact) mass is 282 g/mol. The Balaban J connectivity index is 1.87. The summed E-state index contributed by atoms with van der Waals surface area (Å²) in [5, 5.41) is 3.15. The molecule has 3 atom stereocenters. The van der Waals surface area contributed by atoms with Gasteiger partial charge in [-0.1, -0.05) is 6.92 Å². The Kier molecular flexibility index (Phi) is 5.11. The molecule has 1 aliphatic carbocycles. The molecule has 0 aliphatic heterocycles. The molecule has 2 rings (SSSR count). The first-order chi connectivity index (χ1) is 9.49. The van der Waals surface area contributed by atoms with Gasteiger partial charge in [-0.05, 0) is 63.0 Å². The molecule has 20 heavy (non-hydrogen) atoms. The lowest BCUT2D eigenvalue weighted by Crippen LogP contribution is -2.27. The van der Waals surface area contributed by atoms with E-state index in [0.29, 0.717) is 5.56 Å². The largest absolute Gasteiger partial charge is 0.313 e. The predicted molar refractivity (Wildman–Crippen MR) is 77.5 cm³/mol. The van der Waals surface area contributed by atoms with Crippen LogP contribution >= 0.6 is 0 Å². The van der Waals surface area contributed by atoms with Gasteiger partial charge in [-0.15, -0.1) is 0 Å². The quantitative estimate of drug-likeness (QED) is 0.826. The Morgan fingerprint density at radius 3 is 2.40 bits per heavy atom. The van der Waals surface area contributed by atoms with Crippen molar-refractivity contribution in [3.63, 3.8) is 0 Å². The minimum absolute atomic E-state index is 0.0146. The van der Waals surface area contributed by atoms with E-state index in [1.165, 1.54) is 18.6 Å². The van der Waals surface area contributed by atoms with Gasteiger partial charge in [0, 0.05) is 18.7 Å². The molecule has 1 aliphatic rings. The normalized spacial score (nSPS) is 23.1. The summed E-state index contributed by atoms with van der Waals surface area (Å²) in [6, 6.07) is 3.72. The van der Waals surface area contributed by atoms with Crippen molar-refractivity contribution in [2.75, 3.05) is 27.2 Å². The predicted octanol–water partition coefficient (Wildman–Crippen LogP) is 3.20. The highest BCUT2D eigenvalue weighted by atomic mass is 19.1. The van der Waals surface area contributed by atoms with Gasteiger partial charge in [0.1, 0.15) is 11.6 Å². The Hall–Kier alpha value is -1.00. The maximum Gasteiger partial charge on any atom is 0.126 e. The average molecular weight is 282 g/mol. The molecule has 0 heterocycles. The van der Waals surface area contributed by atoms with Gasteiger partial charge in [-0.2, -0.15) is 0 Å². The van der Waals surface area contributed by atoms with Crippen LogP contribution in [0.2, 0.25) is 0 Å². The summed E-state index contributed by atoms with van der Waals surface area (Å²) in [5.41, 5.74) is 0.679. The maximum atomic E-state index is 13.3. The van der Waals surface area contributed by atoms with Crippen molar-refractivity contribution in [2.45, 2.75) is 25.8 Å². The second-order valence-corrected chi connectivity index (χ2v) is 6.07. The van der Waals surface area contributed by atoms with E-state index in [0.717, 1.165) is 37.4 Å². The summed E-state index contributed by atoms with van der Waals surface area (Å²) in [4.78, 5) is 2.31. The van der Waals surface area contributed by atoms with Crippen LogP contribution in [0, 0.1) is 23.5 Å². The molecule has 112 valence electrons. The smallest absolute Gasteiger partial charge is 0.126 e. The lowest BCUT2D eigenvalue weighted by Gasteiger charge is -2.22. The number of hydrogen-bond donors (Lipinski definition) is 1. The highest BCUT2D eigenvalue weighted by Crippen LogP contribution is 2.38. The van der Waals surface area contributed by atoms with Gasteiger partial charge in [0.2, 0.25) is 0 Å². The number of benzene rings is 1. The summed E-state index contributed by atoms with van der Waals surface area (Å²) in [6.45, 7) is 4.33. The minimum Gasteiger partial charge on any atom is -0.313 e. The zero-order valence-corrected chi connectivity index (χ0v) is 12.5. The number of hydrogen-bond acceptors (Lipinski definition) is 2. The zero-order valence-electron chi connectivity index (χ0n) is 12.5. The molecular weight excluding hydrogens is 258 g/mol. The fraction of sp³-hybridized carbons (Fsp3) is 0.625. The summed E-state index contributed by atoms with van der Waals surface area (Å²) >= 11 is 0. The van der Waals surface area contributed by atoms with Crippen LogP contribution in [0.4, 0.5) is 8.78 Å². The van der Waals surface area contributed by atoms with E-state index in [-0.39, 0.29) is 6.04 Å². The molecule has 1 aromatic rings. The van der Waals surface area contributed by atoms with Gasteiger partial charge >= 0.3 is 0 Å². The van der Waals surface area contributed by atoms with Gasteiger partial charge in [-0.3, -0.25) is 0 Å². The fourth-order valence-electron chi connectivity index (χ4n) is 2.75. The minimum atomic E-state index is -0.514. The maximum absolute atomic E-state index is 13.3. The van der Waals surface area contributed by atoms with Crippen molar-refractivity contribution in [3.05, 3.63) is 35.4 Å². The van der Waals surface area contributed by atoms with Gasteiger partial charge in [0.05, 0.1) is 0 Å². The molecule has 0 spiro atoms. The van der Waals surface area contributed by atoms with E-state index < -0.39 is 11.6 Å². The molecule has 0 radical (unpaired) electrons. The molecule has 0 aromatic heterocycles. The van der Waals surface area contributed by atoms with Crippen LogP contribution in [0.25, 0.3) is 0 Å². The molecule has 2 nitrogen and oxygen atoms in total. The molecule has 0 saturated heterocycles. The van der Waals surface area contributed by atoms with E-state index in [4.69, 9.17) is 0 Å². The Labute approximate surface area is 120 Å². The van der Waals surface area contributed by atoms with Crippen LogP contribution in [0.1, 0.15) is 31.4 Å². The van der Waals surface area contributed by atoms with E-state index in [9.17, 15) is 8.78 Å². The van der Waals surface area contributed by atoms with Crippen LogP contribution < -0.4 is 5.32 Å². The van der Waals surface area contributed by atoms with Crippen molar-refractivity contribution in [3.8, 4) is 0 Å². The molecule has 3 unspecified atom stereocenters. The Morgan fingerprint density at radius 1 is 1.30 bits per heavy atom. The third-order valence-electron chi connectivity index (χ3n) is 4.26. The Bertz CT molecular complexity index is 430. The molecular formula is C16H24F2N2. The van der Waals surface area contributed by atoms with Gasteiger partial charge in [0.25, 0.3) is 0 Å². The number of nitrogens with one attached hydrogen (secondary N) is 1. The van der Waals surface area contributed by atoms with E-state index in [2.05, 4.69) is 24.2 Å². The Morgan fingerprint density at radius 2 is 1.90 bits per heavy atom. The SMILES string of the molecule is CNC(CCN(C)CC1CC1C)c1cc(F)cc(F)c1. The molecule has 1 aromatic carbocycles. The number of nitrogens with zero attached hydrogens (tertiary/aromatic N) is 1. The van der Waals surface area contributed by atoms with E-state index in [1.54, 1.807) is 0 Å². The summed E-state index contributed by atoms with van der Waals surface area (Å²) in [7, 11) is 3.94. The lowest BCUT2D eigenvalue weighted by molar-refractivity contribution is 0.295. The van der Waals surface area contributed by atoms with E-state index in [1.807, 2.05) is 7.05 Å². The molecule has 0 bridgehead atoms. The number of halogens is 2. The van der Waals surface area contributed by atoms with Crippen LogP contribution in [0.5, 0.6) is 0 Å². The molecule has 0 amide bonds. The van der Waals surface area contributed by atoms with Gasteiger partial charge < -0.3 is 10.2 Å².